The van der Waals surface area contributed by atoms with Gasteiger partial charge in [0, 0.05) is 6.04 Å². The Balaban J connectivity index is 1.91. The number of rotatable bonds is 4. The van der Waals surface area contributed by atoms with Gasteiger partial charge in [-0.3, -0.25) is 0 Å². The van der Waals surface area contributed by atoms with Gasteiger partial charge in [0.2, 0.25) is 10.0 Å². The van der Waals surface area contributed by atoms with Crippen molar-refractivity contribution in [2.45, 2.75) is 31.7 Å². The maximum absolute atomic E-state index is 12.7. The molecule has 0 spiro atoms. The predicted octanol–water partition coefficient (Wildman–Crippen LogP) is 4.50. The average molecular weight is 339 g/mol. The summed E-state index contributed by atoms with van der Waals surface area (Å²) in [6.07, 6.45) is 0. The molecule has 1 atom stereocenters. The van der Waals surface area contributed by atoms with E-state index in [1.807, 2.05) is 63.2 Å². The van der Waals surface area contributed by atoms with Gasteiger partial charge in [-0.25, -0.2) is 13.1 Å². The summed E-state index contributed by atoms with van der Waals surface area (Å²) in [6, 6.07) is 18.7. The smallest absolute Gasteiger partial charge is 0.207 e. The Kier molecular flexibility index (Phi) is 4.43. The monoisotopic (exact) mass is 339 g/mol. The van der Waals surface area contributed by atoms with Crippen LogP contribution in [0.5, 0.6) is 0 Å². The predicted molar refractivity (Wildman–Crippen MR) is 98.6 cm³/mol. The number of aryl methyl sites for hydroxylation is 2. The quantitative estimate of drug-likeness (QED) is 0.761. The minimum Gasteiger partial charge on any atom is -0.207 e. The molecule has 0 saturated carbocycles. The molecule has 0 aliphatic heterocycles. The topological polar surface area (TPSA) is 46.2 Å². The zero-order valence-corrected chi connectivity index (χ0v) is 14.9. The molecule has 3 nitrogen and oxygen atoms in total. The van der Waals surface area contributed by atoms with Crippen molar-refractivity contribution >= 4 is 20.8 Å². The first-order valence-electron chi connectivity index (χ1n) is 7.95. The number of hydrogen-bond acceptors (Lipinski definition) is 2. The van der Waals surface area contributed by atoms with E-state index in [-0.39, 0.29) is 10.9 Å². The molecule has 4 heteroatoms. The van der Waals surface area contributed by atoms with Gasteiger partial charge < -0.3 is 0 Å². The minimum atomic E-state index is -3.58. The summed E-state index contributed by atoms with van der Waals surface area (Å²) in [7, 11) is -3.58. The van der Waals surface area contributed by atoms with Crippen LogP contribution in [0.3, 0.4) is 0 Å². The number of benzene rings is 3. The standard InChI is InChI=1S/C20H21NO2S/c1-14-8-11-20(15(2)12-14)16(3)21-24(22,23)19-10-9-17-6-4-5-7-18(17)13-19/h4-13,16,21H,1-3H3/t16-/m0/s1. The fourth-order valence-electron chi connectivity index (χ4n) is 3.01. The van der Waals surface area contributed by atoms with Crippen molar-refractivity contribution in [2.75, 3.05) is 0 Å². The third kappa shape index (κ3) is 3.35. The van der Waals surface area contributed by atoms with E-state index in [9.17, 15) is 8.42 Å². The van der Waals surface area contributed by atoms with Crippen molar-refractivity contribution in [2.24, 2.45) is 0 Å². The van der Waals surface area contributed by atoms with Gasteiger partial charge in [0.15, 0.2) is 0 Å². The maximum atomic E-state index is 12.7. The highest BCUT2D eigenvalue weighted by Crippen LogP contribution is 2.23. The molecule has 0 heterocycles. The lowest BCUT2D eigenvalue weighted by Crippen LogP contribution is -2.27. The summed E-state index contributed by atoms with van der Waals surface area (Å²) in [5.74, 6) is 0. The van der Waals surface area contributed by atoms with Crippen LogP contribution in [0.1, 0.15) is 29.7 Å². The van der Waals surface area contributed by atoms with E-state index in [1.165, 1.54) is 5.56 Å². The molecule has 24 heavy (non-hydrogen) atoms. The highest BCUT2D eigenvalue weighted by molar-refractivity contribution is 7.89. The van der Waals surface area contributed by atoms with Crippen molar-refractivity contribution < 1.29 is 8.42 Å². The van der Waals surface area contributed by atoms with E-state index in [1.54, 1.807) is 12.1 Å². The minimum absolute atomic E-state index is 0.290. The Morgan fingerprint density at radius 1 is 0.875 bits per heavy atom. The molecule has 0 aliphatic carbocycles. The number of nitrogens with one attached hydrogen (secondary N) is 1. The molecule has 3 aromatic rings. The summed E-state index contributed by atoms with van der Waals surface area (Å²) in [5, 5.41) is 1.94. The third-order valence-corrected chi connectivity index (χ3v) is 5.79. The summed E-state index contributed by atoms with van der Waals surface area (Å²) in [6.45, 7) is 5.90. The van der Waals surface area contributed by atoms with E-state index >= 15 is 0 Å². The van der Waals surface area contributed by atoms with E-state index in [2.05, 4.69) is 10.8 Å². The third-order valence-electron chi connectivity index (χ3n) is 4.25. The van der Waals surface area contributed by atoms with E-state index in [0.717, 1.165) is 21.9 Å². The van der Waals surface area contributed by atoms with Gasteiger partial charge in [-0.15, -0.1) is 0 Å². The van der Waals surface area contributed by atoms with Crippen LogP contribution in [-0.4, -0.2) is 8.42 Å². The summed E-state index contributed by atoms with van der Waals surface area (Å²) < 4.78 is 28.2. The Bertz CT molecular complexity index is 993. The molecular weight excluding hydrogens is 318 g/mol. The molecule has 0 amide bonds. The molecule has 0 fully saturated rings. The molecule has 3 aromatic carbocycles. The highest BCUT2D eigenvalue weighted by Gasteiger charge is 2.19. The van der Waals surface area contributed by atoms with Crippen molar-refractivity contribution in [3.8, 4) is 0 Å². The van der Waals surface area contributed by atoms with Gasteiger partial charge in [-0.2, -0.15) is 0 Å². The summed E-state index contributed by atoms with van der Waals surface area (Å²) >= 11 is 0. The Hall–Kier alpha value is -2.17. The van der Waals surface area contributed by atoms with E-state index in [4.69, 9.17) is 0 Å². The second-order valence-electron chi connectivity index (χ2n) is 6.21. The van der Waals surface area contributed by atoms with Crippen LogP contribution in [-0.2, 0) is 10.0 Å². The second-order valence-corrected chi connectivity index (χ2v) is 7.93. The second kappa shape index (κ2) is 6.38. The Morgan fingerprint density at radius 2 is 1.58 bits per heavy atom. The number of sulfonamides is 1. The molecule has 1 N–H and O–H groups in total. The number of hydrogen-bond donors (Lipinski definition) is 1. The van der Waals surface area contributed by atoms with Crippen LogP contribution in [0.4, 0.5) is 0 Å². The zero-order valence-electron chi connectivity index (χ0n) is 14.1. The SMILES string of the molecule is Cc1ccc([C@H](C)NS(=O)(=O)c2ccc3ccccc3c2)c(C)c1. The normalized spacial score (nSPS) is 13.1. The fraction of sp³-hybridized carbons (Fsp3) is 0.200. The van der Waals surface area contributed by atoms with Gasteiger partial charge >= 0.3 is 0 Å². The van der Waals surface area contributed by atoms with Gasteiger partial charge in [0.05, 0.1) is 4.90 Å². The molecule has 0 saturated heterocycles. The van der Waals surface area contributed by atoms with Crippen LogP contribution in [0.15, 0.2) is 65.6 Å². The van der Waals surface area contributed by atoms with Crippen molar-refractivity contribution in [3.05, 3.63) is 77.4 Å². The number of fused-ring (bicyclic) bond motifs is 1. The van der Waals surface area contributed by atoms with Crippen LogP contribution in [0.25, 0.3) is 10.8 Å². The van der Waals surface area contributed by atoms with Gasteiger partial charge in [-0.1, -0.05) is 54.1 Å². The first-order valence-corrected chi connectivity index (χ1v) is 9.43. The summed E-state index contributed by atoms with van der Waals surface area (Å²) in [4.78, 5) is 0.290. The molecular formula is C20H21NO2S. The molecule has 3 rings (SSSR count). The molecule has 0 aromatic heterocycles. The summed E-state index contributed by atoms with van der Waals surface area (Å²) in [5.41, 5.74) is 3.24. The maximum Gasteiger partial charge on any atom is 0.241 e. The first-order chi connectivity index (χ1) is 11.4. The highest BCUT2D eigenvalue weighted by atomic mass is 32.2. The lowest BCUT2D eigenvalue weighted by atomic mass is 10.0. The Morgan fingerprint density at radius 3 is 2.29 bits per heavy atom. The van der Waals surface area contributed by atoms with Crippen molar-refractivity contribution in [1.29, 1.82) is 0 Å². The van der Waals surface area contributed by atoms with Gasteiger partial charge in [-0.05, 0) is 54.8 Å². The average Bonchev–Trinajstić information content (AvgIpc) is 2.53. The Labute approximate surface area is 143 Å². The van der Waals surface area contributed by atoms with Crippen LogP contribution in [0.2, 0.25) is 0 Å². The van der Waals surface area contributed by atoms with E-state index < -0.39 is 10.0 Å². The van der Waals surface area contributed by atoms with Crippen molar-refractivity contribution in [3.63, 3.8) is 0 Å². The largest absolute Gasteiger partial charge is 0.241 e. The molecule has 0 unspecified atom stereocenters. The van der Waals surface area contributed by atoms with Crippen LogP contribution in [0, 0.1) is 13.8 Å². The van der Waals surface area contributed by atoms with Crippen LogP contribution < -0.4 is 4.72 Å². The lowest BCUT2D eigenvalue weighted by molar-refractivity contribution is 0.566. The van der Waals surface area contributed by atoms with E-state index in [0.29, 0.717) is 0 Å². The molecule has 124 valence electrons. The molecule has 0 aliphatic rings. The zero-order chi connectivity index (χ0) is 17.3. The fourth-order valence-corrected chi connectivity index (χ4v) is 4.27. The molecule has 0 radical (unpaired) electrons. The first kappa shape index (κ1) is 16.7. The van der Waals surface area contributed by atoms with Gasteiger partial charge in [0.1, 0.15) is 0 Å². The van der Waals surface area contributed by atoms with Crippen LogP contribution >= 0.6 is 0 Å². The van der Waals surface area contributed by atoms with Crippen molar-refractivity contribution in [1.82, 2.24) is 4.72 Å². The molecule has 0 bridgehead atoms. The van der Waals surface area contributed by atoms with Gasteiger partial charge in [0.25, 0.3) is 0 Å². The lowest BCUT2D eigenvalue weighted by Gasteiger charge is -2.17.